The Morgan fingerprint density at radius 2 is 2.15 bits per heavy atom. The van der Waals surface area contributed by atoms with Crippen molar-refractivity contribution in [2.45, 2.75) is 13.5 Å². The van der Waals surface area contributed by atoms with Crippen molar-refractivity contribution in [2.24, 2.45) is 7.05 Å². The molecule has 27 heavy (non-hydrogen) atoms. The fourth-order valence-electron chi connectivity index (χ4n) is 2.43. The van der Waals surface area contributed by atoms with Crippen molar-refractivity contribution in [3.8, 4) is 0 Å². The number of aryl methyl sites for hydroxylation is 2. The van der Waals surface area contributed by atoms with E-state index < -0.39 is 6.03 Å². The molecule has 4 N–H and O–H groups in total. The average molecular weight is 364 g/mol. The van der Waals surface area contributed by atoms with Gasteiger partial charge < -0.3 is 20.6 Å². The summed E-state index contributed by atoms with van der Waals surface area (Å²) in [5, 5.41) is 16.2. The maximum Gasteiger partial charge on any atom is 0.320 e. The summed E-state index contributed by atoms with van der Waals surface area (Å²) >= 11 is 0. The van der Waals surface area contributed by atoms with Crippen molar-refractivity contribution >= 4 is 29.4 Å². The Morgan fingerprint density at radius 3 is 2.85 bits per heavy atom. The molecular weight excluding hydrogens is 344 g/mol. The van der Waals surface area contributed by atoms with Gasteiger partial charge in [0.2, 0.25) is 0 Å². The highest BCUT2D eigenvalue weighted by Crippen LogP contribution is 2.21. The van der Waals surface area contributed by atoms with E-state index in [1.54, 1.807) is 24.8 Å². The molecule has 3 heterocycles. The van der Waals surface area contributed by atoms with E-state index in [1.807, 2.05) is 36.9 Å². The van der Waals surface area contributed by atoms with Crippen LogP contribution in [0.25, 0.3) is 0 Å². The van der Waals surface area contributed by atoms with E-state index in [1.165, 1.54) is 6.21 Å². The number of nitrogens with zero attached hydrogens (tertiary/aromatic N) is 4. The Morgan fingerprint density at radius 1 is 1.30 bits per heavy atom. The number of hydrogen-bond acceptors (Lipinski definition) is 6. The molecule has 0 spiro atoms. The van der Waals surface area contributed by atoms with Gasteiger partial charge in [0.25, 0.3) is 0 Å². The number of anilines is 3. The number of aromatic nitrogens is 4. The van der Waals surface area contributed by atoms with Gasteiger partial charge in [0.05, 0.1) is 30.5 Å². The summed E-state index contributed by atoms with van der Waals surface area (Å²) in [4.78, 5) is 24.6. The van der Waals surface area contributed by atoms with Gasteiger partial charge in [-0.2, -0.15) is 0 Å². The van der Waals surface area contributed by atoms with Crippen molar-refractivity contribution in [3.63, 3.8) is 0 Å². The summed E-state index contributed by atoms with van der Waals surface area (Å²) in [5.74, 6) is 0.350. The Labute approximate surface area is 156 Å². The van der Waals surface area contributed by atoms with Gasteiger partial charge >= 0.3 is 6.03 Å². The lowest BCUT2D eigenvalue weighted by Gasteiger charge is -2.12. The first kappa shape index (κ1) is 18.1. The number of amides is 2. The SMILES string of the molecule is Cc1cc(Nc2cnc(NC(=O)NCc3cn(C)cn3)cc2C=N)ccn1. The van der Waals surface area contributed by atoms with Gasteiger partial charge in [0.15, 0.2) is 0 Å². The molecule has 0 atom stereocenters. The fourth-order valence-corrected chi connectivity index (χ4v) is 2.43. The van der Waals surface area contributed by atoms with Crippen LogP contribution in [0.3, 0.4) is 0 Å². The molecule has 0 aliphatic rings. The number of urea groups is 1. The van der Waals surface area contributed by atoms with E-state index >= 15 is 0 Å². The predicted molar refractivity (Wildman–Crippen MR) is 103 cm³/mol. The summed E-state index contributed by atoms with van der Waals surface area (Å²) < 4.78 is 1.81. The number of rotatable bonds is 6. The van der Waals surface area contributed by atoms with Gasteiger partial charge in [0, 0.05) is 42.6 Å². The van der Waals surface area contributed by atoms with Crippen LogP contribution in [0.5, 0.6) is 0 Å². The van der Waals surface area contributed by atoms with E-state index in [0.717, 1.165) is 17.1 Å². The Hall–Kier alpha value is -3.75. The molecule has 0 unspecified atom stereocenters. The number of imidazole rings is 1. The number of hydrogen-bond donors (Lipinski definition) is 4. The normalized spacial score (nSPS) is 10.3. The fraction of sp³-hybridized carbons (Fsp3) is 0.167. The third-order valence-corrected chi connectivity index (χ3v) is 3.70. The van der Waals surface area contributed by atoms with Crippen LogP contribution in [0.15, 0.2) is 43.1 Å². The second-order valence-electron chi connectivity index (χ2n) is 5.95. The van der Waals surface area contributed by atoms with Crippen molar-refractivity contribution in [1.82, 2.24) is 24.8 Å². The monoisotopic (exact) mass is 364 g/mol. The van der Waals surface area contributed by atoms with Crippen LogP contribution in [-0.4, -0.2) is 31.8 Å². The highest BCUT2D eigenvalue weighted by Gasteiger charge is 2.08. The first-order valence-corrected chi connectivity index (χ1v) is 8.25. The molecule has 0 radical (unpaired) electrons. The quantitative estimate of drug-likeness (QED) is 0.501. The zero-order chi connectivity index (χ0) is 19.2. The molecule has 0 aromatic carbocycles. The lowest BCUT2D eigenvalue weighted by molar-refractivity contribution is 0.251. The molecule has 3 aromatic rings. The number of carbonyl (C=O) groups is 1. The van der Waals surface area contributed by atoms with E-state index in [2.05, 4.69) is 30.9 Å². The number of nitrogens with one attached hydrogen (secondary N) is 4. The molecule has 0 saturated heterocycles. The Balaban J connectivity index is 1.64. The summed E-state index contributed by atoms with van der Waals surface area (Å²) in [6.07, 6.45) is 7.98. The maximum absolute atomic E-state index is 12.0. The van der Waals surface area contributed by atoms with Crippen molar-refractivity contribution < 1.29 is 4.79 Å². The average Bonchev–Trinajstić information content (AvgIpc) is 3.06. The summed E-state index contributed by atoms with van der Waals surface area (Å²) in [6.45, 7) is 2.21. The summed E-state index contributed by atoms with van der Waals surface area (Å²) in [7, 11) is 1.86. The number of pyridine rings is 2. The molecule has 3 rings (SSSR count). The lowest BCUT2D eigenvalue weighted by atomic mass is 10.2. The molecule has 2 amide bonds. The second-order valence-corrected chi connectivity index (χ2v) is 5.95. The Bertz CT molecular complexity index is 966. The van der Waals surface area contributed by atoms with Gasteiger partial charge in [0.1, 0.15) is 5.82 Å². The number of carbonyl (C=O) groups excluding carboxylic acids is 1. The van der Waals surface area contributed by atoms with Crippen molar-refractivity contribution in [3.05, 3.63) is 60.1 Å². The molecule has 0 bridgehead atoms. The van der Waals surface area contributed by atoms with Crippen LogP contribution in [0.1, 0.15) is 17.0 Å². The molecule has 0 aliphatic carbocycles. The topological polar surface area (TPSA) is 121 Å². The summed E-state index contributed by atoms with van der Waals surface area (Å²) in [5.41, 5.74) is 3.75. The summed E-state index contributed by atoms with van der Waals surface area (Å²) in [6, 6.07) is 4.96. The van der Waals surface area contributed by atoms with Gasteiger partial charge in [-0.1, -0.05) is 0 Å². The van der Waals surface area contributed by atoms with Crippen LogP contribution in [0.2, 0.25) is 0 Å². The van der Waals surface area contributed by atoms with Gasteiger partial charge in [-0.25, -0.2) is 14.8 Å². The predicted octanol–water partition coefficient (Wildman–Crippen LogP) is 2.58. The molecule has 3 aromatic heterocycles. The molecule has 0 saturated carbocycles. The highest BCUT2D eigenvalue weighted by atomic mass is 16.2. The minimum Gasteiger partial charge on any atom is -0.354 e. The zero-order valence-electron chi connectivity index (χ0n) is 15.0. The van der Waals surface area contributed by atoms with Crippen LogP contribution in [0, 0.1) is 12.3 Å². The van der Waals surface area contributed by atoms with Gasteiger partial charge in [-0.15, -0.1) is 0 Å². The van der Waals surface area contributed by atoms with Crippen LogP contribution in [-0.2, 0) is 13.6 Å². The second kappa shape index (κ2) is 8.09. The van der Waals surface area contributed by atoms with Gasteiger partial charge in [-0.05, 0) is 25.1 Å². The van der Waals surface area contributed by atoms with E-state index in [-0.39, 0.29) is 0 Å². The van der Waals surface area contributed by atoms with Crippen LogP contribution >= 0.6 is 0 Å². The third kappa shape index (κ3) is 4.88. The van der Waals surface area contributed by atoms with Crippen LogP contribution < -0.4 is 16.0 Å². The van der Waals surface area contributed by atoms with E-state index in [4.69, 9.17) is 5.41 Å². The molecule has 0 aliphatic heterocycles. The largest absolute Gasteiger partial charge is 0.354 e. The molecule has 9 nitrogen and oxygen atoms in total. The first-order valence-electron chi connectivity index (χ1n) is 8.25. The highest BCUT2D eigenvalue weighted by molar-refractivity contribution is 5.92. The molecule has 0 fully saturated rings. The first-order chi connectivity index (χ1) is 13.0. The molecule has 9 heteroatoms. The van der Waals surface area contributed by atoms with Crippen LogP contribution in [0.4, 0.5) is 22.0 Å². The van der Waals surface area contributed by atoms with E-state index in [0.29, 0.717) is 23.6 Å². The maximum atomic E-state index is 12.0. The zero-order valence-corrected chi connectivity index (χ0v) is 15.0. The smallest absolute Gasteiger partial charge is 0.320 e. The Kier molecular flexibility index (Phi) is 5.41. The third-order valence-electron chi connectivity index (χ3n) is 3.70. The van der Waals surface area contributed by atoms with Gasteiger partial charge in [-0.3, -0.25) is 10.3 Å². The van der Waals surface area contributed by atoms with E-state index in [9.17, 15) is 4.79 Å². The minimum atomic E-state index is -0.394. The van der Waals surface area contributed by atoms with Crippen molar-refractivity contribution in [2.75, 3.05) is 10.6 Å². The minimum absolute atomic E-state index is 0.311. The van der Waals surface area contributed by atoms with Crippen molar-refractivity contribution in [1.29, 1.82) is 5.41 Å². The molecule has 138 valence electrons. The standard InChI is InChI=1S/C18H20N8O/c1-12-5-14(3-4-20-12)24-16-9-21-17(6-13(16)7-19)25-18(27)22-8-15-10-26(2)11-23-15/h3-7,9-11,19H,8H2,1-2H3,(H,20,24)(H2,21,22,25,27). The lowest BCUT2D eigenvalue weighted by Crippen LogP contribution is -2.28. The molecular formula is C18H20N8O.